The van der Waals surface area contributed by atoms with Crippen molar-refractivity contribution in [2.45, 2.75) is 6.42 Å². The van der Waals surface area contributed by atoms with Crippen molar-refractivity contribution in [3.63, 3.8) is 0 Å². The molecule has 28 heavy (non-hydrogen) atoms. The second kappa shape index (κ2) is 7.80. The Balaban J connectivity index is 1.31. The molecule has 0 bridgehead atoms. The Hall–Kier alpha value is -3.22. The maximum Gasteiger partial charge on any atom is 0.251 e. The summed E-state index contributed by atoms with van der Waals surface area (Å²) in [5.41, 5.74) is 2.20. The second-order valence-electron chi connectivity index (χ2n) is 6.93. The van der Waals surface area contributed by atoms with Crippen molar-refractivity contribution in [1.82, 2.24) is 14.9 Å². The van der Waals surface area contributed by atoms with E-state index in [0.29, 0.717) is 24.3 Å². The van der Waals surface area contributed by atoms with Crippen LogP contribution in [0.1, 0.15) is 16.8 Å². The van der Waals surface area contributed by atoms with Gasteiger partial charge >= 0.3 is 0 Å². The van der Waals surface area contributed by atoms with Crippen LogP contribution in [0.2, 0.25) is 0 Å². The summed E-state index contributed by atoms with van der Waals surface area (Å²) >= 11 is 0. The summed E-state index contributed by atoms with van der Waals surface area (Å²) in [5.74, 6) is -1.54. The molecule has 144 valence electrons. The number of nitrogens with one attached hydrogen (secondary N) is 1. The Morgan fingerprint density at radius 2 is 1.89 bits per heavy atom. The Morgan fingerprint density at radius 3 is 2.61 bits per heavy atom. The molecular formula is C21H20F2N4O. The zero-order valence-electron chi connectivity index (χ0n) is 15.2. The van der Waals surface area contributed by atoms with Gasteiger partial charge in [-0.3, -0.25) is 4.79 Å². The highest BCUT2D eigenvalue weighted by molar-refractivity contribution is 5.94. The number of imidazole rings is 1. The highest BCUT2D eigenvalue weighted by atomic mass is 19.2. The number of rotatable bonds is 5. The smallest absolute Gasteiger partial charge is 0.251 e. The lowest BCUT2D eigenvalue weighted by Gasteiger charge is -2.19. The molecule has 0 saturated carbocycles. The minimum Gasteiger partial charge on any atom is -0.371 e. The van der Waals surface area contributed by atoms with Crippen molar-refractivity contribution in [3.05, 3.63) is 78.4 Å². The highest BCUT2D eigenvalue weighted by Gasteiger charge is 2.24. The van der Waals surface area contributed by atoms with Gasteiger partial charge in [0.2, 0.25) is 0 Å². The van der Waals surface area contributed by atoms with Crippen molar-refractivity contribution >= 4 is 11.6 Å². The van der Waals surface area contributed by atoms with Crippen LogP contribution in [0.4, 0.5) is 14.5 Å². The maximum atomic E-state index is 13.4. The molecule has 3 aromatic rings. The summed E-state index contributed by atoms with van der Waals surface area (Å²) in [5, 5.41) is 2.97. The molecule has 1 atom stereocenters. The van der Waals surface area contributed by atoms with E-state index in [0.717, 1.165) is 24.7 Å². The van der Waals surface area contributed by atoms with E-state index >= 15 is 0 Å². The van der Waals surface area contributed by atoms with Gasteiger partial charge in [-0.05, 0) is 48.7 Å². The third kappa shape index (κ3) is 3.88. The summed E-state index contributed by atoms with van der Waals surface area (Å²) in [6, 6.07) is 11.3. The van der Waals surface area contributed by atoms with Gasteiger partial charge in [0.25, 0.3) is 5.91 Å². The summed E-state index contributed by atoms with van der Waals surface area (Å²) in [4.78, 5) is 18.4. The summed E-state index contributed by atoms with van der Waals surface area (Å²) < 4.78 is 28.4. The molecule has 1 saturated heterocycles. The third-order valence-electron chi connectivity index (χ3n) is 5.04. The third-order valence-corrected chi connectivity index (χ3v) is 5.04. The van der Waals surface area contributed by atoms with E-state index in [9.17, 15) is 13.6 Å². The number of hydrogen-bond acceptors (Lipinski definition) is 3. The SMILES string of the molecule is O=C(NCC1CCN(c2ccc(F)c(F)c2)C1)c1ccc(-n2ccnc2)cc1. The van der Waals surface area contributed by atoms with Gasteiger partial charge in [0.05, 0.1) is 6.33 Å². The molecule has 1 aromatic heterocycles. The zero-order chi connectivity index (χ0) is 19.5. The molecule has 0 radical (unpaired) electrons. The molecule has 1 fully saturated rings. The number of aromatic nitrogens is 2. The van der Waals surface area contributed by atoms with Crippen LogP contribution in [-0.4, -0.2) is 35.1 Å². The molecule has 1 N–H and O–H groups in total. The summed E-state index contributed by atoms with van der Waals surface area (Å²) in [6.07, 6.45) is 6.13. The Morgan fingerprint density at radius 1 is 1.11 bits per heavy atom. The molecule has 1 unspecified atom stereocenters. The normalized spacial score (nSPS) is 16.4. The van der Waals surface area contributed by atoms with Crippen LogP contribution in [-0.2, 0) is 0 Å². The fourth-order valence-electron chi connectivity index (χ4n) is 3.45. The number of amides is 1. The van der Waals surface area contributed by atoms with Gasteiger partial charge in [0, 0.05) is 55.0 Å². The number of carbonyl (C=O) groups is 1. The summed E-state index contributed by atoms with van der Waals surface area (Å²) in [6.45, 7) is 2.00. The lowest BCUT2D eigenvalue weighted by molar-refractivity contribution is 0.0948. The average Bonchev–Trinajstić information content (AvgIpc) is 3.40. The van der Waals surface area contributed by atoms with Crippen LogP contribution in [0.15, 0.2) is 61.2 Å². The minimum atomic E-state index is -0.842. The van der Waals surface area contributed by atoms with Gasteiger partial charge in [0.15, 0.2) is 11.6 Å². The Labute approximate surface area is 161 Å². The van der Waals surface area contributed by atoms with Gasteiger partial charge in [-0.1, -0.05) is 0 Å². The first-order chi connectivity index (χ1) is 13.6. The van der Waals surface area contributed by atoms with E-state index in [4.69, 9.17) is 0 Å². The largest absolute Gasteiger partial charge is 0.371 e. The van der Waals surface area contributed by atoms with Crippen LogP contribution in [0.5, 0.6) is 0 Å². The zero-order valence-corrected chi connectivity index (χ0v) is 15.2. The van der Waals surface area contributed by atoms with E-state index in [2.05, 4.69) is 10.3 Å². The fourth-order valence-corrected chi connectivity index (χ4v) is 3.45. The van der Waals surface area contributed by atoms with Gasteiger partial charge in [-0.25, -0.2) is 13.8 Å². The molecule has 4 rings (SSSR count). The number of halogens is 2. The molecule has 2 aromatic carbocycles. The van der Waals surface area contributed by atoms with Gasteiger partial charge in [-0.2, -0.15) is 0 Å². The van der Waals surface area contributed by atoms with Crippen LogP contribution < -0.4 is 10.2 Å². The molecule has 5 nitrogen and oxygen atoms in total. The number of carbonyl (C=O) groups excluding carboxylic acids is 1. The van der Waals surface area contributed by atoms with Crippen molar-refractivity contribution in [1.29, 1.82) is 0 Å². The minimum absolute atomic E-state index is 0.122. The topological polar surface area (TPSA) is 50.2 Å². The Bertz CT molecular complexity index is 957. The van der Waals surface area contributed by atoms with Crippen LogP contribution in [0.25, 0.3) is 5.69 Å². The van der Waals surface area contributed by atoms with E-state index in [1.807, 2.05) is 27.8 Å². The molecule has 7 heteroatoms. The van der Waals surface area contributed by atoms with Crippen LogP contribution in [0.3, 0.4) is 0 Å². The molecule has 2 heterocycles. The molecule has 0 spiro atoms. The molecule has 1 aliphatic rings. The van der Waals surface area contributed by atoms with Crippen molar-refractivity contribution in [2.75, 3.05) is 24.5 Å². The first-order valence-corrected chi connectivity index (χ1v) is 9.17. The van der Waals surface area contributed by atoms with Gasteiger partial charge < -0.3 is 14.8 Å². The quantitative estimate of drug-likeness (QED) is 0.736. The molecule has 1 aliphatic heterocycles. The lowest BCUT2D eigenvalue weighted by Crippen LogP contribution is -2.31. The van der Waals surface area contributed by atoms with Crippen molar-refractivity contribution in [2.24, 2.45) is 5.92 Å². The van der Waals surface area contributed by atoms with Crippen molar-refractivity contribution in [3.8, 4) is 5.69 Å². The summed E-state index contributed by atoms with van der Waals surface area (Å²) in [7, 11) is 0. The van der Waals surface area contributed by atoms with E-state index in [1.54, 1.807) is 30.7 Å². The van der Waals surface area contributed by atoms with Crippen molar-refractivity contribution < 1.29 is 13.6 Å². The molecular weight excluding hydrogens is 362 g/mol. The first kappa shape index (κ1) is 18.2. The number of benzene rings is 2. The molecule has 0 aliphatic carbocycles. The number of anilines is 1. The fraction of sp³-hybridized carbons (Fsp3) is 0.238. The predicted octanol–water partition coefficient (Wildman–Crippen LogP) is 3.41. The maximum absolute atomic E-state index is 13.4. The van der Waals surface area contributed by atoms with Gasteiger partial charge in [0.1, 0.15) is 0 Å². The second-order valence-corrected chi connectivity index (χ2v) is 6.93. The monoisotopic (exact) mass is 382 g/mol. The van der Waals surface area contributed by atoms with E-state index in [-0.39, 0.29) is 11.8 Å². The predicted molar refractivity (Wildman–Crippen MR) is 103 cm³/mol. The number of nitrogens with zero attached hydrogens (tertiary/aromatic N) is 3. The highest BCUT2D eigenvalue weighted by Crippen LogP contribution is 2.25. The van der Waals surface area contributed by atoms with Crippen LogP contribution >= 0.6 is 0 Å². The Kier molecular flexibility index (Phi) is 5.06. The lowest BCUT2D eigenvalue weighted by atomic mass is 10.1. The van der Waals surface area contributed by atoms with Crippen LogP contribution in [0, 0.1) is 17.6 Å². The van der Waals surface area contributed by atoms with Gasteiger partial charge in [-0.15, -0.1) is 0 Å². The standard InChI is InChI=1S/C21H20F2N4O/c22-19-6-5-18(11-20(19)23)26-9-7-15(13-26)12-25-21(28)16-1-3-17(4-2-16)27-10-8-24-14-27/h1-6,8,10-11,14-15H,7,9,12-13H2,(H,25,28). The molecule has 1 amide bonds. The average molecular weight is 382 g/mol. The first-order valence-electron chi connectivity index (χ1n) is 9.17. The number of hydrogen-bond donors (Lipinski definition) is 1. The van der Waals surface area contributed by atoms with E-state index < -0.39 is 11.6 Å². The van der Waals surface area contributed by atoms with E-state index in [1.165, 1.54) is 6.07 Å².